The van der Waals surface area contributed by atoms with E-state index in [1.807, 2.05) is 19.2 Å². The van der Waals surface area contributed by atoms with Crippen LogP contribution in [0.25, 0.3) is 0 Å². The van der Waals surface area contributed by atoms with Gasteiger partial charge in [-0.05, 0) is 32.1 Å². The third-order valence-corrected chi connectivity index (χ3v) is 5.40. The summed E-state index contributed by atoms with van der Waals surface area (Å²) >= 11 is 0. The van der Waals surface area contributed by atoms with Crippen LogP contribution in [-0.2, 0) is 19.1 Å². The van der Waals surface area contributed by atoms with E-state index in [9.17, 15) is 24.0 Å². The highest BCUT2D eigenvalue weighted by Gasteiger charge is 2.55. The van der Waals surface area contributed by atoms with Crippen molar-refractivity contribution in [3.63, 3.8) is 0 Å². The highest BCUT2D eigenvalue weighted by molar-refractivity contribution is 6.09. The molecule has 0 bridgehead atoms. The van der Waals surface area contributed by atoms with Crippen LogP contribution in [0.2, 0.25) is 0 Å². The van der Waals surface area contributed by atoms with Crippen LogP contribution in [-0.4, -0.2) is 59.5 Å². The Labute approximate surface area is 163 Å². The lowest BCUT2D eigenvalue weighted by Crippen LogP contribution is -2.54. The van der Waals surface area contributed by atoms with E-state index in [1.54, 1.807) is 6.92 Å². The molecule has 3 N–H and O–H groups in total. The average molecular weight is 396 g/mol. The second-order valence-corrected chi connectivity index (χ2v) is 7.43. The summed E-state index contributed by atoms with van der Waals surface area (Å²) in [6, 6.07) is -1.42. The number of esters is 1. The number of imide groups is 2. The van der Waals surface area contributed by atoms with Gasteiger partial charge in [-0.3, -0.25) is 24.6 Å². The molecule has 2 rings (SSSR count). The lowest BCUT2D eigenvalue weighted by atomic mass is 9.73. The maximum atomic E-state index is 12.8. The van der Waals surface area contributed by atoms with Gasteiger partial charge in [-0.25, -0.2) is 9.59 Å². The van der Waals surface area contributed by atoms with Crippen molar-refractivity contribution in [2.75, 3.05) is 13.2 Å². The third-order valence-electron chi connectivity index (χ3n) is 5.40. The van der Waals surface area contributed by atoms with E-state index < -0.39 is 48.5 Å². The molecule has 0 aromatic rings. The molecule has 2 fully saturated rings. The highest BCUT2D eigenvalue weighted by Crippen LogP contribution is 2.38. The molecule has 10 heteroatoms. The molecule has 2 aliphatic rings. The van der Waals surface area contributed by atoms with Crippen molar-refractivity contribution in [2.45, 2.75) is 64.5 Å². The maximum absolute atomic E-state index is 12.8. The Morgan fingerprint density at radius 1 is 1.32 bits per heavy atom. The van der Waals surface area contributed by atoms with E-state index in [-0.39, 0.29) is 12.0 Å². The van der Waals surface area contributed by atoms with Crippen molar-refractivity contribution < 1.29 is 28.7 Å². The summed E-state index contributed by atoms with van der Waals surface area (Å²) < 4.78 is 4.79. The number of hydrogen-bond acceptors (Lipinski definition) is 6. The Bertz CT molecular complexity index is 666. The van der Waals surface area contributed by atoms with E-state index in [4.69, 9.17) is 4.74 Å². The van der Waals surface area contributed by atoms with E-state index in [1.165, 1.54) is 0 Å². The van der Waals surface area contributed by atoms with E-state index in [2.05, 4.69) is 10.6 Å². The zero-order valence-electron chi connectivity index (χ0n) is 16.5. The predicted octanol–water partition coefficient (Wildman–Crippen LogP) is 0.655. The van der Waals surface area contributed by atoms with Gasteiger partial charge in [-0.1, -0.05) is 26.7 Å². The first kappa shape index (κ1) is 21.6. The average Bonchev–Trinajstić information content (AvgIpc) is 2.87. The Morgan fingerprint density at radius 3 is 2.68 bits per heavy atom. The summed E-state index contributed by atoms with van der Waals surface area (Å²) in [4.78, 5) is 61.0. The number of urea groups is 2. The molecule has 0 aromatic carbocycles. The summed E-state index contributed by atoms with van der Waals surface area (Å²) in [5.74, 6) is -2.15. The van der Waals surface area contributed by atoms with Crippen molar-refractivity contribution in [3.05, 3.63) is 0 Å². The monoisotopic (exact) mass is 396 g/mol. The van der Waals surface area contributed by atoms with Gasteiger partial charge in [0.15, 0.2) is 6.61 Å². The standard InChI is InChI=1S/C18H28N4O6/c1-4-12(3)19-16(26)20-13(23)10-28-14(24)9-22-15(25)18(21-17(22)27)8-6-5-7-11(18)2/h11-12H,4-10H2,1-3H3,(H,21,27)(H2,19,20,23,26)/t11-,12+,18+/m0/s1. The van der Waals surface area contributed by atoms with Crippen LogP contribution < -0.4 is 16.0 Å². The van der Waals surface area contributed by atoms with Gasteiger partial charge in [-0.15, -0.1) is 0 Å². The predicted molar refractivity (Wildman–Crippen MR) is 98.0 cm³/mol. The van der Waals surface area contributed by atoms with Gasteiger partial charge in [0, 0.05) is 6.04 Å². The number of carbonyl (C=O) groups is 5. The lowest BCUT2D eigenvalue weighted by molar-refractivity contribution is -0.151. The van der Waals surface area contributed by atoms with Crippen molar-refractivity contribution in [1.29, 1.82) is 0 Å². The molecule has 0 unspecified atom stereocenters. The molecule has 10 nitrogen and oxygen atoms in total. The molecule has 3 atom stereocenters. The number of amides is 6. The molecule has 1 heterocycles. The van der Waals surface area contributed by atoms with Crippen molar-refractivity contribution in [3.8, 4) is 0 Å². The molecule has 28 heavy (non-hydrogen) atoms. The van der Waals surface area contributed by atoms with Gasteiger partial charge < -0.3 is 15.4 Å². The summed E-state index contributed by atoms with van der Waals surface area (Å²) in [7, 11) is 0. The van der Waals surface area contributed by atoms with Crippen LogP contribution in [0.3, 0.4) is 0 Å². The Kier molecular flexibility index (Phi) is 6.98. The highest BCUT2D eigenvalue weighted by atomic mass is 16.5. The van der Waals surface area contributed by atoms with E-state index in [0.717, 1.165) is 24.2 Å². The van der Waals surface area contributed by atoms with Crippen LogP contribution in [0, 0.1) is 5.92 Å². The minimum absolute atomic E-state index is 0.0199. The minimum atomic E-state index is -0.957. The van der Waals surface area contributed by atoms with Crippen molar-refractivity contribution >= 4 is 29.8 Å². The van der Waals surface area contributed by atoms with Crippen LogP contribution in [0.5, 0.6) is 0 Å². The largest absolute Gasteiger partial charge is 0.454 e. The Hall–Kier alpha value is -2.65. The molecule has 1 saturated carbocycles. The number of rotatable bonds is 6. The topological polar surface area (TPSA) is 134 Å². The molecule has 1 saturated heterocycles. The summed E-state index contributed by atoms with van der Waals surface area (Å²) in [5.41, 5.74) is -0.957. The van der Waals surface area contributed by atoms with Crippen molar-refractivity contribution in [1.82, 2.24) is 20.9 Å². The molecular weight excluding hydrogens is 368 g/mol. The quantitative estimate of drug-likeness (QED) is 0.446. The third kappa shape index (κ3) is 4.79. The molecule has 1 aliphatic heterocycles. The number of hydrogen-bond donors (Lipinski definition) is 3. The van der Waals surface area contributed by atoms with Gasteiger partial charge in [0.25, 0.3) is 11.8 Å². The zero-order chi connectivity index (χ0) is 20.9. The van der Waals surface area contributed by atoms with Gasteiger partial charge in [0.05, 0.1) is 0 Å². The number of nitrogens with one attached hydrogen (secondary N) is 3. The summed E-state index contributed by atoms with van der Waals surface area (Å²) in [6.45, 7) is 4.31. The molecular formula is C18H28N4O6. The van der Waals surface area contributed by atoms with E-state index in [0.29, 0.717) is 12.8 Å². The lowest BCUT2D eigenvalue weighted by Gasteiger charge is -2.36. The van der Waals surface area contributed by atoms with Crippen LogP contribution in [0.1, 0.15) is 52.9 Å². The van der Waals surface area contributed by atoms with Gasteiger partial charge in [-0.2, -0.15) is 0 Å². The number of nitrogens with zero attached hydrogens (tertiary/aromatic N) is 1. The molecule has 156 valence electrons. The van der Waals surface area contributed by atoms with Crippen LogP contribution >= 0.6 is 0 Å². The first-order chi connectivity index (χ1) is 13.2. The van der Waals surface area contributed by atoms with Crippen LogP contribution in [0.4, 0.5) is 9.59 Å². The molecule has 1 aliphatic carbocycles. The van der Waals surface area contributed by atoms with Gasteiger partial charge in [0.2, 0.25) is 0 Å². The molecule has 0 radical (unpaired) electrons. The number of ether oxygens (including phenoxy) is 1. The van der Waals surface area contributed by atoms with Crippen LogP contribution in [0.15, 0.2) is 0 Å². The normalized spacial score (nSPS) is 25.2. The minimum Gasteiger partial charge on any atom is -0.454 e. The Morgan fingerprint density at radius 2 is 2.04 bits per heavy atom. The fourth-order valence-corrected chi connectivity index (χ4v) is 3.48. The maximum Gasteiger partial charge on any atom is 0.326 e. The van der Waals surface area contributed by atoms with Gasteiger partial charge in [0.1, 0.15) is 12.1 Å². The number of carbonyl (C=O) groups excluding carboxylic acids is 5. The SMILES string of the molecule is CC[C@@H](C)NC(=O)NC(=O)COC(=O)CN1C(=O)N[C@@]2(CCCC[C@@H]2C)C1=O. The molecule has 6 amide bonds. The van der Waals surface area contributed by atoms with Gasteiger partial charge >= 0.3 is 18.0 Å². The van der Waals surface area contributed by atoms with Crippen molar-refractivity contribution in [2.24, 2.45) is 5.92 Å². The Balaban J connectivity index is 1.83. The molecule has 1 spiro atoms. The molecule has 0 aromatic heterocycles. The van der Waals surface area contributed by atoms with E-state index >= 15 is 0 Å². The fourth-order valence-electron chi connectivity index (χ4n) is 3.48. The summed E-state index contributed by atoms with van der Waals surface area (Å²) in [6.07, 6.45) is 3.88. The summed E-state index contributed by atoms with van der Waals surface area (Å²) in [5, 5.41) is 7.31. The smallest absolute Gasteiger partial charge is 0.326 e. The second-order valence-electron chi connectivity index (χ2n) is 7.43. The first-order valence-electron chi connectivity index (χ1n) is 9.59. The fraction of sp³-hybridized carbons (Fsp3) is 0.722. The first-order valence-corrected chi connectivity index (χ1v) is 9.59. The second kappa shape index (κ2) is 9.03. The zero-order valence-corrected chi connectivity index (χ0v) is 16.5.